The molecule has 0 saturated heterocycles. The molecule has 2 aromatic rings. The summed E-state index contributed by atoms with van der Waals surface area (Å²) in [5.74, 6) is 0. The van der Waals surface area contributed by atoms with Crippen molar-refractivity contribution in [1.82, 2.24) is 0 Å². The lowest BCUT2D eigenvalue weighted by atomic mass is 10.1. The van der Waals surface area contributed by atoms with Crippen LogP contribution in [0.25, 0.3) is 10.6 Å². The molecule has 4 N–H and O–H groups in total. The van der Waals surface area contributed by atoms with Crippen LogP contribution in [-0.4, -0.2) is 19.6 Å². The van der Waals surface area contributed by atoms with Crippen molar-refractivity contribution in [2.75, 3.05) is 0 Å². The van der Waals surface area contributed by atoms with Gasteiger partial charge in [-0.2, -0.15) is 0 Å². The molecule has 116 valence electrons. The largest absolute Gasteiger partial charge is 0.357 e. The molecule has 2 rings (SSSR count). The second kappa shape index (κ2) is 6.31. The summed E-state index contributed by atoms with van der Waals surface area (Å²) in [6, 6.07) is 15.0. The molecule has 0 aliphatic heterocycles. The van der Waals surface area contributed by atoms with E-state index < -0.39 is 25.8 Å². The van der Waals surface area contributed by atoms with Gasteiger partial charge in [-0.15, -0.1) is 0 Å². The number of benzene rings is 2. The zero-order valence-corrected chi connectivity index (χ0v) is 13.1. The van der Waals surface area contributed by atoms with Crippen molar-refractivity contribution in [3.8, 4) is 0 Å². The average Bonchev–Trinajstić information content (AvgIpc) is 2.44. The van der Waals surface area contributed by atoms with E-state index in [0.717, 1.165) is 0 Å². The third-order valence-electron chi connectivity index (χ3n) is 2.90. The highest BCUT2D eigenvalue weighted by Gasteiger charge is 2.35. The van der Waals surface area contributed by atoms with Crippen LogP contribution in [0.2, 0.25) is 0 Å². The minimum Gasteiger partial charge on any atom is -0.321 e. The highest BCUT2D eigenvalue weighted by molar-refractivity contribution is 7.70. The molecule has 6 nitrogen and oxygen atoms in total. The Bertz CT molecular complexity index is 706. The molecule has 0 radical (unpaired) electrons. The molecule has 0 amide bonds. The minimum atomic E-state index is -4.93. The van der Waals surface area contributed by atoms with Crippen LogP contribution in [0.5, 0.6) is 0 Å². The summed E-state index contributed by atoms with van der Waals surface area (Å²) in [6.07, 6.45) is 0. The number of hydrogen-bond donors (Lipinski definition) is 4. The van der Waals surface area contributed by atoms with Crippen molar-refractivity contribution < 1.29 is 28.7 Å². The molecule has 2 aromatic carbocycles. The molecule has 0 aliphatic carbocycles. The maximum Gasteiger partial charge on any atom is 0.357 e. The van der Waals surface area contributed by atoms with Crippen molar-refractivity contribution in [2.45, 2.75) is 0 Å². The van der Waals surface area contributed by atoms with E-state index in [0.29, 0.717) is 0 Å². The quantitative estimate of drug-likeness (QED) is 0.502. The van der Waals surface area contributed by atoms with E-state index in [4.69, 9.17) is 0 Å². The molecule has 0 heterocycles. The van der Waals surface area contributed by atoms with E-state index in [1.165, 1.54) is 48.5 Å². The summed E-state index contributed by atoms with van der Waals surface area (Å²) in [5, 5.41) is -1.32. The molecule has 0 unspecified atom stereocenters. The fraction of sp³-hybridized carbons (Fsp3) is 0. The molecule has 0 bridgehead atoms. The van der Waals surface area contributed by atoms with Crippen LogP contribution < -0.4 is 0 Å². The van der Waals surface area contributed by atoms with Crippen molar-refractivity contribution >= 4 is 25.8 Å². The highest BCUT2D eigenvalue weighted by Crippen LogP contribution is 2.63. The Balaban J connectivity index is 2.90. The Labute approximate surface area is 127 Å². The standard InChI is InChI=1S/C14H14O6P2/c15-21(16,17)13(11-7-3-1-4-8-11)14(22(18,19)20)12-9-5-2-6-10-12/h1-10H,(H2,15,16,17)(H2,18,19,20). The van der Waals surface area contributed by atoms with Gasteiger partial charge in [0.25, 0.3) is 0 Å². The SMILES string of the molecule is O=P(O)(O)C(=C(c1ccccc1)P(=O)(O)O)c1ccccc1. The van der Waals surface area contributed by atoms with Gasteiger partial charge in [-0.3, -0.25) is 9.13 Å². The van der Waals surface area contributed by atoms with Crippen LogP contribution in [0, 0.1) is 0 Å². The van der Waals surface area contributed by atoms with E-state index in [-0.39, 0.29) is 11.1 Å². The first-order chi connectivity index (χ1) is 10.2. The fourth-order valence-electron chi connectivity index (χ4n) is 2.08. The van der Waals surface area contributed by atoms with Crippen LogP contribution in [0.4, 0.5) is 0 Å². The molecule has 0 atom stereocenters. The zero-order chi connectivity index (χ0) is 16.4. The Hall–Kier alpha value is -1.52. The minimum absolute atomic E-state index is 0.0676. The van der Waals surface area contributed by atoms with Gasteiger partial charge < -0.3 is 19.6 Å². The summed E-state index contributed by atoms with van der Waals surface area (Å²) in [6.45, 7) is 0. The first-order valence-corrected chi connectivity index (χ1v) is 9.41. The summed E-state index contributed by atoms with van der Waals surface area (Å²) >= 11 is 0. The predicted octanol–water partition coefficient (Wildman–Crippen LogP) is 2.87. The fourth-order valence-corrected chi connectivity index (χ4v) is 4.64. The average molecular weight is 340 g/mol. The summed E-state index contributed by atoms with van der Waals surface area (Å²) < 4.78 is 23.8. The van der Waals surface area contributed by atoms with Gasteiger partial charge in [0.05, 0.1) is 10.6 Å². The van der Waals surface area contributed by atoms with Gasteiger partial charge >= 0.3 is 15.2 Å². The molecule has 22 heavy (non-hydrogen) atoms. The molecular weight excluding hydrogens is 326 g/mol. The van der Waals surface area contributed by atoms with Crippen molar-refractivity contribution in [3.05, 3.63) is 71.8 Å². The van der Waals surface area contributed by atoms with Crippen LogP contribution >= 0.6 is 15.2 Å². The molecule has 0 saturated carbocycles. The highest BCUT2D eigenvalue weighted by atomic mass is 31.2. The maximum atomic E-state index is 11.9. The first kappa shape index (κ1) is 16.8. The van der Waals surface area contributed by atoms with E-state index >= 15 is 0 Å². The van der Waals surface area contributed by atoms with Crippen molar-refractivity contribution in [2.24, 2.45) is 0 Å². The molecule has 0 fully saturated rings. The van der Waals surface area contributed by atoms with Crippen LogP contribution in [0.15, 0.2) is 60.7 Å². The summed E-state index contributed by atoms with van der Waals surface area (Å²) in [7, 11) is -9.86. The normalized spacial score (nSPS) is 13.6. The predicted molar refractivity (Wildman–Crippen MR) is 83.8 cm³/mol. The smallest absolute Gasteiger partial charge is 0.321 e. The second-order valence-electron chi connectivity index (χ2n) is 4.52. The topological polar surface area (TPSA) is 115 Å². The Morgan fingerprint density at radius 2 is 0.864 bits per heavy atom. The van der Waals surface area contributed by atoms with E-state index in [9.17, 15) is 28.7 Å². The first-order valence-electron chi connectivity index (χ1n) is 6.18. The number of hydrogen-bond acceptors (Lipinski definition) is 2. The number of rotatable bonds is 4. The molecule has 0 spiro atoms. The lowest BCUT2D eigenvalue weighted by molar-refractivity contribution is 0.383. The van der Waals surface area contributed by atoms with Gasteiger partial charge in [0.15, 0.2) is 0 Å². The van der Waals surface area contributed by atoms with Crippen molar-refractivity contribution in [3.63, 3.8) is 0 Å². The molecule has 8 heteroatoms. The third-order valence-corrected chi connectivity index (χ3v) is 5.21. The maximum absolute atomic E-state index is 11.9. The van der Waals surface area contributed by atoms with Crippen LogP contribution in [0.3, 0.4) is 0 Å². The van der Waals surface area contributed by atoms with Gasteiger partial charge in [-0.1, -0.05) is 60.7 Å². The van der Waals surface area contributed by atoms with Crippen molar-refractivity contribution in [1.29, 1.82) is 0 Å². The molecule has 0 aromatic heterocycles. The summed E-state index contributed by atoms with van der Waals surface area (Å²) in [5.41, 5.74) is 0.135. The Morgan fingerprint density at radius 1 is 0.591 bits per heavy atom. The Morgan fingerprint density at radius 3 is 1.09 bits per heavy atom. The zero-order valence-electron chi connectivity index (χ0n) is 11.3. The second-order valence-corrected chi connectivity index (χ2v) is 7.59. The van der Waals surface area contributed by atoms with E-state index in [2.05, 4.69) is 0 Å². The van der Waals surface area contributed by atoms with Gasteiger partial charge in [0.1, 0.15) is 0 Å². The van der Waals surface area contributed by atoms with Gasteiger partial charge in [0.2, 0.25) is 0 Å². The molecular formula is C14H14O6P2. The lowest BCUT2D eigenvalue weighted by Gasteiger charge is -2.18. The van der Waals surface area contributed by atoms with Crippen LogP contribution in [0.1, 0.15) is 11.1 Å². The monoisotopic (exact) mass is 340 g/mol. The Kier molecular flexibility index (Phi) is 4.83. The third kappa shape index (κ3) is 3.81. The van der Waals surface area contributed by atoms with Crippen LogP contribution in [-0.2, 0) is 9.13 Å². The van der Waals surface area contributed by atoms with Gasteiger partial charge in [0, 0.05) is 0 Å². The molecule has 0 aliphatic rings. The van der Waals surface area contributed by atoms with E-state index in [1.807, 2.05) is 0 Å². The van der Waals surface area contributed by atoms with Gasteiger partial charge in [-0.25, -0.2) is 0 Å². The summed E-state index contributed by atoms with van der Waals surface area (Å²) in [4.78, 5) is 38.5. The van der Waals surface area contributed by atoms with Gasteiger partial charge in [-0.05, 0) is 11.1 Å². The lowest BCUT2D eigenvalue weighted by Crippen LogP contribution is -1.96. The van der Waals surface area contributed by atoms with E-state index in [1.54, 1.807) is 12.1 Å².